The van der Waals surface area contributed by atoms with Crippen molar-refractivity contribution < 1.29 is 19.0 Å². The summed E-state index contributed by atoms with van der Waals surface area (Å²) < 4.78 is 16.3. The van der Waals surface area contributed by atoms with E-state index in [0.29, 0.717) is 11.5 Å². The fraction of sp³-hybridized carbons (Fsp3) is 0.280. The quantitative estimate of drug-likeness (QED) is 0.490. The molecule has 3 aromatic rings. The molecule has 2 aromatic heterocycles. The van der Waals surface area contributed by atoms with Crippen molar-refractivity contribution in [2.75, 3.05) is 7.11 Å². The summed E-state index contributed by atoms with van der Waals surface area (Å²) in [7, 11) is 1.64. The highest BCUT2D eigenvalue weighted by molar-refractivity contribution is 5.78. The van der Waals surface area contributed by atoms with Crippen LogP contribution in [-0.4, -0.2) is 28.8 Å². The first-order valence-corrected chi connectivity index (χ1v) is 10.4. The number of aromatic nitrogens is 2. The molecule has 7 nitrogen and oxygen atoms in total. The second kappa shape index (κ2) is 8.07. The van der Waals surface area contributed by atoms with Gasteiger partial charge >= 0.3 is 6.16 Å². The van der Waals surface area contributed by atoms with E-state index in [-0.39, 0.29) is 0 Å². The molecule has 0 fully saturated rings. The number of H-pyrrole nitrogens is 2. The monoisotopic (exact) mass is 433 g/mol. The van der Waals surface area contributed by atoms with Gasteiger partial charge in [-0.2, -0.15) is 0 Å². The van der Waals surface area contributed by atoms with E-state index in [9.17, 15) is 4.79 Å². The standard InChI is InChI=1S/C25H27N3O4/c1-14-10-15(2)26-18(14)12-21-23(30-6)13-20(28-21)19-11-16-17(27-19)8-7-9-22(16)31-24(29)32-25(3,4)5/h7-13,26,28H,1-6H3. The number of fused-ring (bicyclic) bond motifs is 1. The summed E-state index contributed by atoms with van der Waals surface area (Å²) in [5, 5.41) is 3.08. The molecule has 32 heavy (non-hydrogen) atoms. The van der Waals surface area contributed by atoms with Crippen LogP contribution in [-0.2, 0) is 4.74 Å². The molecule has 0 aliphatic carbocycles. The van der Waals surface area contributed by atoms with Crippen LogP contribution in [0.2, 0.25) is 0 Å². The highest BCUT2D eigenvalue weighted by Crippen LogP contribution is 2.13. The Kier molecular flexibility index (Phi) is 5.42. The Balaban J connectivity index is 1.78. The predicted octanol–water partition coefficient (Wildman–Crippen LogP) is 2.33. The van der Waals surface area contributed by atoms with Gasteiger partial charge in [-0.05, 0) is 70.5 Å². The normalized spacial score (nSPS) is 15.1. The molecular formula is C25H27N3O4. The van der Waals surface area contributed by atoms with Gasteiger partial charge in [-0.15, -0.1) is 0 Å². The summed E-state index contributed by atoms with van der Waals surface area (Å²) in [6, 6.07) is 9.40. The molecule has 1 aromatic carbocycles. The van der Waals surface area contributed by atoms with Gasteiger partial charge in [-0.3, -0.25) is 0 Å². The Bertz CT molecular complexity index is 1440. The zero-order valence-corrected chi connectivity index (χ0v) is 19.1. The number of carbonyl (C=O) groups excluding carboxylic acids is 1. The van der Waals surface area contributed by atoms with Crippen LogP contribution in [0.1, 0.15) is 37.7 Å². The van der Waals surface area contributed by atoms with Crippen molar-refractivity contribution in [3.05, 3.63) is 68.6 Å². The van der Waals surface area contributed by atoms with Gasteiger partial charge in [0.15, 0.2) is 0 Å². The Morgan fingerprint density at radius 1 is 1.09 bits per heavy atom. The number of hydrogen-bond donors (Lipinski definition) is 2. The van der Waals surface area contributed by atoms with E-state index < -0.39 is 11.8 Å². The lowest BCUT2D eigenvalue weighted by Crippen LogP contribution is -2.29. The molecule has 1 aliphatic rings. The van der Waals surface area contributed by atoms with Crippen LogP contribution in [0.25, 0.3) is 17.8 Å². The lowest BCUT2D eigenvalue weighted by Gasteiger charge is -2.18. The molecule has 0 atom stereocenters. The number of hydrogen-bond acceptors (Lipinski definition) is 5. The Hall–Kier alpha value is -3.74. The molecule has 166 valence electrons. The minimum atomic E-state index is -0.747. The number of carbonyl (C=O) groups is 1. The van der Waals surface area contributed by atoms with E-state index in [1.165, 1.54) is 0 Å². The van der Waals surface area contributed by atoms with Crippen LogP contribution in [0.15, 0.2) is 35.3 Å². The number of aromatic amines is 2. The van der Waals surface area contributed by atoms with Crippen molar-refractivity contribution in [2.24, 2.45) is 4.99 Å². The fourth-order valence-corrected chi connectivity index (χ4v) is 3.57. The SMILES string of the molecule is COc1cc(=C2C=c3c(OC(=O)OC(C)(C)C)cccc3=N2)[nH]c1=Cc1[nH]c(C)cc1C. The summed E-state index contributed by atoms with van der Waals surface area (Å²) >= 11 is 0. The summed E-state index contributed by atoms with van der Waals surface area (Å²) in [5.41, 5.74) is 3.35. The van der Waals surface area contributed by atoms with Crippen molar-refractivity contribution in [2.45, 2.75) is 40.2 Å². The highest BCUT2D eigenvalue weighted by atomic mass is 16.7. The topological polar surface area (TPSA) is 88.7 Å². The van der Waals surface area contributed by atoms with Gasteiger partial charge in [0, 0.05) is 22.7 Å². The van der Waals surface area contributed by atoms with Crippen LogP contribution in [0.5, 0.6) is 11.5 Å². The van der Waals surface area contributed by atoms with Gasteiger partial charge in [0.1, 0.15) is 17.1 Å². The van der Waals surface area contributed by atoms with Crippen molar-refractivity contribution in [1.82, 2.24) is 9.97 Å². The van der Waals surface area contributed by atoms with E-state index in [1.54, 1.807) is 40.0 Å². The average Bonchev–Trinajstić information content (AvgIpc) is 3.37. The molecule has 0 saturated heterocycles. The second-order valence-electron chi connectivity index (χ2n) is 8.76. The molecule has 2 N–H and O–H groups in total. The van der Waals surface area contributed by atoms with E-state index in [4.69, 9.17) is 19.2 Å². The summed E-state index contributed by atoms with van der Waals surface area (Å²) in [5.74, 6) is 1.11. The minimum Gasteiger partial charge on any atom is -0.494 e. The number of ether oxygens (including phenoxy) is 3. The minimum absolute atomic E-state index is 0.401. The van der Waals surface area contributed by atoms with Crippen molar-refractivity contribution in [1.29, 1.82) is 0 Å². The van der Waals surface area contributed by atoms with Crippen LogP contribution in [0, 0.1) is 13.8 Å². The molecular weight excluding hydrogens is 406 g/mol. The average molecular weight is 434 g/mol. The van der Waals surface area contributed by atoms with Crippen molar-refractivity contribution >= 4 is 24.0 Å². The van der Waals surface area contributed by atoms with Crippen LogP contribution in [0.4, 0.5) is 4.79 Å². The van der Waals surface area contributed by atoms with Gasteiger partial charge in [0.05, 0.1) is 28.9 Å². The van der Waals surface area contributed by atoms with E-state index in [0.717, 1.165) is 43.9 Å². The third-order valence-electron chi connectivity index (χ3n) is 4.93. The maximum atomic E-state index is 12.1. The summed E-state index contributed by atoms with van der Waals surface area (Å²) in [4.78, 5) is 23.6. The molecule has 3 heterocycles. The number of nitrogens with zero attached hydrogens (tertiary/aromatic N) is 1. The molecule has 0 radical (unpaired) electrons. The number of benzene rings is 1. The molecule has 4 rings (SSSR count). The van der Waals surface area contributed by atoms with Gasteiger partial charge in [-0.25, -0.2) is 9.79 Å². The largest absolute Gasteiger partial charge is 0.514 e. The maximum absolute atomic E-state index is 12.1. The number of methoxy groups -OCH3 is 1. The first kappa shape index (κ1) is 21.5. The molecule has 0 spiro atoms. The summed E-state index contributed by atoms with van der Waals surface area (Å²) in [6.07, 6.45) is 3.15. The van der Waals surface area contributed by atoms with E-state index >= 15 is 0 Å². The predicted molar refractivity (Wildman–Crippen MR) is 122 cm³/mol. The fourth-order valence-electron chi connectivity index (χ4n) is 3.57. The number of aryl methyl sites for hydroxylation is 2. The zero-order valence-electron chi connectivity index (χ0n) is 19.1. The molecule has 0 bridgehead atoms. The number of nitrogens with one attached hydrogen (secondary N) is 2. The molecule has 0 unspecified atom stereocenters. The lowest BCUT2D eigenvalue weighted by molar-refractivity contribution is 0.0204. The van der Waals surface area contributed by atoms with Gasteiger partial charge in [0.25, 0.3) is 0 Å². The van der Waals surface area contributed by atoms with Gasteiger partial charge in [0.2, 0.25) is 0 Å². The van der Waals surface area contributed by atoms with Crippen molar-refractivity contribution in [3.63, 3.8) is 0 Å². The first-order valence-electron chi connectivity index (χ1n) is 10.4. The van der Waals surface area contributed by atoms with E-state index in [1.807, 2.05) is 31.2 Å². The van der Waals surface area contributed by atoms with Crippen LogP contribution in [0.3, 0.4) is 0 Å². The van der Waals surface area contributed by atoms with Crippen LogP contribution >= 0.6 is 0 Å². The van der Waals surface area contributed by atoms with Gasteiger partial charge in [-0.1, -0.05) is 6.07 Å². The molecule has 7 heteroatoms. The number of rotatable bonds is 3. The highest BCUT2D eigenvalue weighted by Gasteiger charge is 2.19. The maximum Gasteiger partial charge on any atom is 0.514 e. The van der Waals surface area contributed by atoms with E-state index in [2.05, 4.69) is 23.0 Å². The third-order valence-corrected chi connectivity index (χ3v) is 4.93. The Morgan fingerprint density at radius 2 is 1.88 bits per heavy atom. The smallest absolute Gasteiger partial charge is 0.494 e. The molecule has 0 saturated carbocycles. The first-order chi connectivity index (χ1) is 15.1. The Morgan fingerprint density at radius 3 is 2.53 bits per heavy atom. The third kappa shape index (κ3) is 4.46. The Labute approximate surface area is 185 Å². The van der Waals surface area contributed by atoms with Gasteiger partial charge < -0.3 is 24.2 Å². The van der Waals surface area contributed by atoms with Crippen LogP contribution < -0.4 is 30.7 Å². The molecule has 1 aliphatic heterocycles. The summed E-state index contributed by atoms with van der Waals surface area (Å²) in [6.45, 7) is 9.46. The zero-order chi connectivity index (χ0) is 23.0. The second-order valence-corrected chi connectivity index (χ2v) is 8.76. The lowest BCUT2D eigenvalue weighted by atomic mass is 10.2. The molecule has 0 amide bonds. The van der Waals surface area contributed by atoms with Crippen molar-refractivity contribution in [3.8, 4) is 11.5 Å².